The molecule has 2 heterocycles. The molecule has 1 saturated heterocycles. The lowest BCUT2D eigenvalue weighted by Crippen LogP contribution is -2.47. The molecule has 0 aliphatic carbocycles. The fourth-order valence-electron chi connectivity index (χ4n) is 3.51. The Kier molecular flexibility index (Phi) is 5.63. The maximum absolute atomic E-state index is 9.33. The summed E-state index contributed by atoms with van der Waals surface area (Å²) in [5.41, 5.74) is 2.19. The molecular weight excluding hydrogens is 362 g/mol. The number of hydrogen-bond acceptors (Lipinski definition) is 7. The molecular formula is C22H23N7. The van der Waals surface area contributed by atoms with E-state index in [-0.39, 0.29) is 5.82 Å². The predicted octanol–water partition coefficient (Wildman–Crippen LogP) is 3.37. The van der Waals surface area contributed by atoms with Gasteiger partial charge in [0.2, 0.25) is 17.7 Å². The second-order valence-electron chi connectivity index (χ2n) is 7.00. The summed E-state index contributed by atoms with van der Waals surface area (Å²) in [5, 5.41) is 12.5. The highest BCUT2D eigenvalue weighted by Gasteiger charge is 2.24. The Labute approximate surface area is 170 Å². The second kappa shape index (κ2) is 8.67. The minimum Gasteiger partial charge on any atom is -0.338 e. The van der Waals surface area contributed by atoms with Crippen molar-refractivity contribution >= 4 is 17.6 Å². The van der Waals surface area contributed by atoms with Crippen molar-refractivity contribution in [3.05, 3.63) is 72.1 Å². The number of nitrogens with zero attached hydrogens (tertiary/aromatic N) is 6. The van der Waals surface area contributed by atoms with Crippen molar-refractivity contribution in [1.82, 2.24) is 19.9 Å². The van der Waals surface area contributed by atoms with Crippen molar-refractivity contribution < 1.29 is 0 Å². The minimum atomic E-state index is 0.119. The SMILES string of the molecule is CC(c1ccccc1)N1CCN(c2nc(C#N)nc(Nc3ccccc3)n2)CC1. The van der Waals surface area contributed by atoms with Crippen molar-refractivity contribution in [3.8, 4) is 6.07 Å². The van der Waals surface area contributed by atoms with Gasteiger partial charge in [0.1, 0.15) is 6.07 Å². The number of aromatic nitrogens is 3. The average molecular weight is 385 g/mol. The summed E-state index contributed by atoms with van der Waals surface area (Å²) in [6, 6.07) is 22.6. The Hall–Kier alpha value is -3.50. The van der Waals surface area contributed by atoms with Crippen LogP contribution in [-0.4, -0.2) is 46.0 Å². The molecule has 1 aliphatic heterocycles. The van der Waals surface area contributed by atoms with E-state index < -0.39 is 0 Å². The van der Waals surface area contributed by atoms with E-state index >= 15 is 0 Å². The van der Waals surface area contributed by atoms with E-state index in [1.807, 2.05) is 42.5 Å². The number of nitrogens with one attached hydrogen (secondary N) is 1. The van der Waals surface area contributed by atoms with E-state index in [2.05, 4.69) is 61.3 Å². The quantitative estimate of drug-likeness (QED) is 0.721. The largest absolute Gasteiger partial charge is 0.338 e. The van der Waals surface area contributed by atoms with Gasteiger partial charge in [-0.2, -0.15) is 20.2 Å². The summed E-state index contributed by atoms with van der Waals surface area (Å²) < 4.78 is 0. The third kappa shape index (κ3) is 4.50. The summed E-state index contributed by atoms with van der Waals surface area (Å²) in [5.74, 6) is 1.05. The molecule has 1 atom stereocenters. The summed E-state index contributed by atoms with van der Waals surface area (Å²) >= 11 is 0. The second-order valence-corrected chi connectivity index (χ2v) is 7.00. The van der Waals surface area contributed by atoms with Gasteiger partial charge in [0, 0.05) is 37.9 Å². The van der Waals surface area contributed by atoms with Crippen LogP contribution in [0.2, 0.25) is 0 Å². The smallest absolute Gasteiger partial charge is 0.238 e. The molecule has 29 heavy (non-hydrogen) atoms. The highest BCUT2D eigenvalue weighted by Crippen LogP contribution is 2.23. The van der Waals surface area contributed by atoms with Crippen LogP contribution in [0.5, 0.6) is 0 Å². The first kappa shape index (κ1) is 18.8. The first-order valence-electron chi connectivity index (χ1n) is 9.75. The zero-order chi connectivity index (χ0) is 20.1. The van der Waals surface area contributed by atoms with Crippen LogP contribution in [0.1, 0.15) is 24.4 Å². The van der Waals surface area contributed by atoms with Gasteiger partial charge in [-0.05, 0) is 24.6 Å². The molecule has 3 aromatic rings. The normalized spacial score (nSPS) is 15.5. The number of benzene rings is 2. The molecule has 1 fully saturated rings. The monoisotopic (exact) mass is 385 g/mol. The van der Waals surface area contributed by atoms with Gasteiger partial charge < -0.3 is 10.2 Å². The number of anilines is 3. The van der Waals surface area contributed by atoms with Crippen LogP contribution in [0, 0.1) is 11.3 Å². The van der Waals surface area contributed by atoms with Gasteiger partial charge >= 0.3 is 0 Å². The number of rotatable bonds is 5. The fourth-order valence-corrected chi connectivity index (χ4v) is 3.51. The van der Waals surface area contributed by atoms with Gasteiger partial charge in [0.15, 0.2) is 0 Å². The molecule has 146 valence electrons. The van der Waals surface area contributed by atoms with E-state index in [4.69, 9.17) is 0 Å². The van der Waals surface area contributed by atoms with Crippen molar-refractivity contribution in [1.29, 1.82) is 5.26 Å². The fraction of sp³-hybridized carbons (Fsp3) is 0.273. The van der Waals surface area contributed by atoms with E-state index in [9.17, 15) is 5.26 Å². The molecule has 0 saturated carbocycles. The van der Waals surface area contributed by atoms with Crippen molar-refractivity contribution in [3.63, 3.8) is 0 Å². The number of hydrogen-bond donors (Lipinski definition) is 1. The molecule has 0 amide bonds. The van der Waals surface area contributed by atoms with Gasteiger partial charge in [-0.1, -0.05) is 48.5 Å². The Bertz CT molecular complexity index is 977. The molecule has 1 N–H and O–H groups in total. The van der Waals surface area contributed by atoms with Gasteiger partial charge in [0.25, 0.3) is 0 Å². The van der Waals surface area contributed by atoms with Crippen LogP contribution in [0.25, 0.3) is 0 Å². The zero-order valence-electron chi connectivity index (χ0n) is 16.4. The van der Waals surface area contributed by atoms with Crippen LogP contribution < -0.4 is 10.2 Å². The van der Waals surface area contributed by atoms with Crippen molar-refractivity contribution in [2.24, 2.45) is 0 Å². The lowest BCUT2D eigenvalue weighted by Gasteiger charge is -2.38. The first-order chi connectivity index (χ1) is 14.2. The molecule has 4 rings (SSSR count). The van der Waals surface area contributed by atoms with E-state index in [0.717, 1.165) is 31.9 Å². The third-order valence-corrected chi connectivity index (χ3v) is 5.18. The van der Waals surface area contributed by atoms with Crippen molar-refractivity contribution in [2.75, 3.05) is 36.4 Å². The molecule has 1 aliphatic rings. The van der Waals surface area contributed by atoms with Crippen LogP contribution in [0.15, 0.2) is 60.7 Å². The zero-order valence-corrected chi connectivity index (χ0v) is 16.4. The number of para-hydroxylation sites is 1. The Morgan fingerprint density at radius 3 is 2.21 bits per heavy atom. The van der Waals surface area contributed by atoms with E-state index in [1.165, 1.54) is 5.56 Å². The van der Waals surface area contributed by atoms with Crippen molar-refractivity contribution in [2.45, 2.75) is 13.0 Å². The highest BCUT2D eigenvalue weighted by molar-refractivity contribution is 5.54. The molecule has 7 nitrogen and oxygen atoms in total. The van der Waals surface area contributed by atoms with Crippen LogP contribution >= 0.6 is 0 Å². The summed E-state index contributed by atoms with van der Waals surface area (Å²) in [6.07, 6.45) is 0. The summed E-state index contributed by atoms with van der Waals surface area (Å²) in [4.78, 5) is 17.7. The minimum absolute atomic E-state index is 0.119. The maximum atomic E-state index is 9.33. The van der Waals surface area contributed by atoms with Gasteiger partial charge in [-0.3, -0.25) is 4.90 Å². The Morgan fingerprint density at radius 1 is 0.897 bits per heavy atom. The van der Waals surface area contributed by atoms with E-state index in [0.29, 0.717) is 17.9 Å². The molecule has 0 radical (unpaired) electrons. The number of piperazine rings is 1. The first-order valence-corrected chi connectivity index (χ1v) is 9.75. The molecule has 1 unspecified atom stereocenters. The summed E-state index contributed by atoms with van der Waals surface area (Å²) in [7, 11) is 0. The highest BCUT2D eigenvalue weighted by atomic mass is 15.3. The molecule has 7 heteroatoms. The Morgan fingerprint density at radius 2 is 1.55 bits per heavy atom. The third-order valence-electron chi connectivity index (χ3n) is 5.18. The van der Waals surface area contributed by atoms with Gasteiger partial charge in [0.05, 0.1) is 0 Å². The van der Waals surface area contributed by atoms with Crippen LogP contribution in [0.4, 0.5) is 17.6 Å². The average Bonchev–Trinajstić information content (AvgIpc) is 2.79. The van der Waals surface area contributed by atoms with Crippen LogP contribution in [-0.2, 0) is 0 Å². The molecule has 0 spiro atoms. The molecule has 2 aromatic carbocycles. The van der Waals surface area contributed by atoms with E-state index in [1.54, 1.807) is 0 Å². The van der Waals surface area contributed by atoms with Gasteiger partial charge in [-0.15, -0.1) is 0 Å². The maximum Gasteiger partial charge on any atom is 0.238 e. The summed E-state index contributed by atoms with van der Waals surface area (Å²) in [6.45, 7) is 5.66. The Balaban J connectivity index is 1.46. The molecule has 0 bridgehead atoms. The lowest BCUT2D eigenvalue weighted by molar-refractivity contribution is 0.198. The van der Waals surface area contributed by atoms with Gasteiger partial charge in [-0.25, -0.2) is 0 Å². The predicted molar refractivity (Wildman–Crippen MR) is 113 cm³/mol. The molecule has 1 aromatic heterocycles. The van der Waals surface area contributed by atoms with Crippen LogP contribution in [0.3, 0.4) is 0 Å². The number of nitriles is 1. The lowest BCUT2D eigenvalue weighted by atomic mass is 10.1. The standard InChI is InChI=1S/C22H23N7/c1-17(18-8-4-2-5-9-18)28-12-14-29(15-13-28)22-26-20(16-23)25-21(27-22)24-19-10-6-3-7-11-19/h2-11,17H,12-15H2,1H3,(H,24,25,26,27). The topological polar surface area (TPSA) is 81.0 Å².